The van der Waals surface area contributed by atoms with Crippen LogP contribution >= 0.6 is 11.8 Å². The Bertz CT molecular complexity index is 1220. The third-order valence-electron chi connectivity index (χ3n) is 5.44. The first-order valence-electron chi connectivity index (χ1n) is 11.3. The highest BCUT2D eigenvalue weighted by Gasteiger charge is 2.37. The topological polar surface area (TPSA) is 68.2 Å². The van der Waals surface area contributed by atoms with Gasteiger partial charge in [-0.05, 0) is 36.1 Å². The van der Waals surface area contributed by atoms with Gasteiger partial charge >= 0.3 is 0 Å². The fourth-order valence-electron chi connectivity index (χ4n) is 3.69. The fourth-order valence-corrected chi connectivity index (χ4v) is 4.42. The maximum atomic E-state index is 15.0. The van der Waals surface area contributed by atoms with Crippen LogP contribution in [0.15, 0.2) is 41.6 Å². The molecule has 0 unspecified atom stereocenters. The number of carbonyl (C=O) groups excluding carboxylic acids is 1. The van der Waals surface area contributed by atoms with Crippen molar-refractivity contribution >= 4 is 23.4 Å². The molecule has 1 aromatic heterocycles. The number of rotatable bonds is 6. The van der Waals surface area contributed by atoms with Crippen LogP contribution in [0.3, 0.4) is 0 Å². The van der Waals surface area contributed by atoms with Crippen LogP contribution in [0.25, 0.3) is 11.3 Å². The van der Waals surface area contributed by atoms with E-state index in [-0.39, 0.29) is 23.8 Å². The van der Waals surface area contributed by atoms with Gasteiger partial charge in [0.15, 0.2) is 17.3 Å². The minimum atomic E-state index is -1.27. The van der Waals surface area contributed by atoms with Crippen molar-refractivity contribution in [3.05, 3.63) is 59.2 Å². The first-order valence-corrected chi connectivity index (χ1v) is 12.3. The van der Waals surface area contributed by atoms with Crippen LogP contribution < -0.4 is 9.64 Å². The van der Waals surface area contributed by atoms with Gasteiger partial charge in [0.1, 0.15) is 0 Å². The predicted octanol–water partition coefficient (Wildman–Crippen LogP) is 5.96. The van der Waals surface area contributed by atoms with E-state index in [0.29, 0.717) is 28.0 Å². The summed E-state index contributed by atoms with van der Waals surface area (Å²) in [7, 11) is 0. The molecule has 0 saturated carbocycles. The van der Waals surface area contributed by atoms with Crippen molar-refractivity contribution in [3.8, 4) is 17.1 Å². The average molecular weight is 485 g/mol. The highest BCUT2D eigenvalue weighted by Crippen LogP contribution is 2.44. The number of benzene rings is 2. The first kappa shape index (κ1) is 24.1. The SMILES string of the molecule is CCC(=O)N1c2ccc(CC)cc2-c2nnc(SCC(C)C)nc2O[C@H]1c1cccc(F)c1F. The number of thioether (sulfide) groups is 1. The van der Waals surface area contributed by atoms with Gasteiger partial charge in [0, 0.05) is 17.7 Å². The summed E-state index contributed by atoms with van der Waals surface area (Å²) in [5.41, 5.74) is 2.36. The van der Waals surface area contributed by atoms with Crippen LogP contribution in [-0.4, -0.2) is 26.8 Å². The van der Waals surface area contributed by atoms with Crippen molar-refractivity contribution in [3.63, 3.8) is 0 Å². The Kier molecular flexibility index (Phi) is 7.11. The predicted molar refractivity (Wildman–Crippen MR) is 128 cm³/mol. The van der Waals surface area contributed by atoms with Gasteiger partial charge in [0.2, 0.25) is 23.2 Å². The molecule has 1 aliphatic rings. The number of hydrogen-bond donors (Lipinski definition) is 0. The molecule has 4 rings (SSSR count). The van der Waals surface area contributed by atoms with Crippen molar-refractivity contribution < 1.29 is 18.3 Å². The molecule has 1 amide bonds. The summed E-state index contributed by atoms with van der Waals surface area (Å²) in [6.07, 6.45) is -0.372. The Morgan fingerprint density at radius 3 is 2.68 bits per heavy atom. The van der Waals surface area contributed by atoms with Crippen LogP contribution in [0.5, 0.6) is 5.88 Å². The quantitative estimate of drug-likeness (QED) is 0.402. The summed E-state index contributed by atoms with van der Waals surface area (Å²) in [5, 5.41) is 9.07. The van der Waals surface area contributed by atoms with Crippen LogP contribution in [0, 0.1) is 17.6 Å². The third-order valence-corrected chi connectivity index (χ3v) is 6.71. The first-order chi connectivity index (χ1) is 16.3. The zero-order valence-corrected chi connectivity index (χ0v) is 20.3. The number of ether oxygens (including phenoxy) is 1. The van der Waals surface area contributed by atoms with Crippen molar-refractivity contribution in [2.45, 2.75) is 51.9 Å². The summed E-state index contributed by atoms with van der Waals surface area (Å²) in [4.78, 5) is 19.1. The number of hydrogen-bond acceptors (Lipinski definition) is 6. The second-order valence-electron chi connectivity index (χ2n) is 8.39. The van der Waals surface area contributed by atoms with Crippen molar-refractivity contribution in [1.29, 1.82) is 0 Å². The lowest BCUT2D eigenvalue weighted by Gasteiger charge is -2.31. The van der Waals surface area contributed by atoms with E-state index in [0.717, 1.165) is 23.8 Å². The van der Waals surface area contributed by atoms with E-state index in [9.17, 15) is 13.6 Å². The van der Waals surface area contributed by atoms with Gasteiger partial charge in [0.05, 0.1) is 11.3 Å². The third kappa shape index (κ3) is 4.61. The van der Waals surface area contributed by atoms with Gasteiger partial charge in [-0.25, -0.2) is 8.78 Å². The molecular formula is C25H26F2N4O2S. The highest BCUT2D eigenvalue weighted by molar-refractivity contribution is 7.99. The number of carbonyl (C=O) groups is 1. The molecule has 1 aliphatic heterocycles. The zero-order valence-electron chi connectivity index (χ0n) is 19.5. The monoisotopic (exact) mass is 484 g/mol. The molecule has 0 N–H and O–H groups in total. The summed E-state index contributed by atoms with van der Waals surface area (Å²) >= 11 is 1.43. The molecule has 2 heterocycles. The number of aromatic nitrogens is 3. The van der Waals surface area contributed by atoms with Gasteiger partial charge in [-0.2, -0.15) is 4.98 Å². The molecule has 0 bridgehead atoms. The van der Waals surface area contributed by atoms with E-state index in [4.69, 9.17) is 4.74 Å². The maximum absolute atomic E-state index is 15.0. The lowest BCUT2D eigenvalue weighted by atomic mass is 10.0. The van der Waals surface area contributed by atoms with Crippen molar-refractivity contribution in [2.75, 3.05) is 10.7 Å². The summed E-state index contributed by atoms with van der Waals surface area (Å²) in [5.74, 6) is -1.10. The Labute approximate surface area is 201 Å². The van der Waals surface area contributed by atoms with E-state index < -0.39 is 17.9 Å². The number of amides is 1. The Balaban J connectivity index is 1.96. The van der Waals surface area contributed by atoms with Gasteiger partial charge in [-0.1, -0.05) is 57.7 Å². The molecule has 9 heteroatoms. The smallest absolute Gasteiger partial charge is 0.247 e. The van der Waals surface area contributed by atoms with E-state index in [1.54, 1.807) is 13.0 Å². The molecule has 0 saturated heterocycles. The van der Waals surface area contributed by atoms with Crippen LogP contribution in [-0.2, 0) is 11.2 Å². The normalized spacial score (nSPS) is 14.9. The molecule has 3 aromatic rings. The lowest BCUT2D eigenvalue weighted by Crippen LogP contribution is -2.38. The lowest BCUT2D eigenvalue weighted by molar-refractivity contribution is -0.120. The minimum Gasteiger partial charge on any atom is -0.447 e. The van der Waals surface area contributed by atoms with Gasteiger partial charge in [0.25, 0.3) is 0 Å². The van der Waals surface area contributed by atoms with E-state index >= 15 is 0 Å². The van der Waals surface area contributed by atoms with Gasteiger partial charge in [-0.3, -0.25) is 9.69 Å². The molecule has 1 atom stereocenters. The Morgan fingerprint density at radius 1 is 1.18 bits per heavy atom. The Hall–Kier alpha value is -3.07. The zero-order chi connectivity index (χ0) is 24.4. The van der Waals surface area contributed by atoms with E-state index in [2.05, 4.69) is 29.0 Å². The van der Waals surface area contributed by atoms with Crippen LogP contribution in [0.2, 0.25) is 0 Å². The van der Waals surface area contributed by atoms with Crippen molar-refractivity contribution in [1.82, 2.24) is 15.2 Å². The summed E-state index contributed by atoms with van der Waals surface area (Å²) < 4.78 is 35.4. The summed E-state index contributed by atoms with van der Waals surface area (Å²) in [6, 6.07) is 9.42. The van der Waals surface area contributed by atoms with E-state index in [1.807, 2.05) is 19.1 Å². The molecule has 34 heavy (non-hydrogen) atoms. The number of fused-ring (bicyclic) bond motifs is 3. The minimum absolute atomic E-state index is 0.102. The standard InChI is InChI=1S/C25H26F2N4O2S/c1-5-15-10-11-19-17(12-15)22-23(28-25(30-29-22)34-13-14(3)4)33-24(31(19)20(32)6-2)16-8-7-9-18(26)21(16)27/h7-12,14,24H,5-6,13H2,1-4H3/t24-/m0/s1. The molecule has 0 fully saturated rings. The van der Waals surface area contributed by atoms with Crippen LogP contribution in [0.4, 0.5) is 14.5 Å². The van der Waals surface area contributed by atoms with E-state index in [1.165, 1.54) is 28.8 Å². The number of nitrogens with zero attached hydrogens (tertiary/aromatic N) is 4. The molecule has 2 aromatic carbocycles. The maximum Gasteiger partial charge on any atom is 0.247 e. The molecule has 0 aliphatic carbocycles. The number of anilines is 1. The summed E-state index contributed by atoms with van der Waals surface area (Å²) in [6.45, 7) is 7.89. The molecular weight excluding hydrogens is 458 g/mol. The molecule has 0 radical (unpaired) electrons. The average Bonchev–Trinajstić information content (AvgIpc) is 2.97. The number of halogens is 2. The Morgan fingerprint density at radius 2 is 1.97 bits per heavy atom. The van der Waals surface area contributed by atoms with Gasteiger partial charge in [-0.15, -0.1) is 10.2 Å². The largest absolute Gasteiger partial charge is 0.447 e. The fraction of sp³-hybridized carbons (Fsp3) is 0.360. The highest BCUT2D eigenvalue weighted by atomic mass is 32.2. The second kappa shape index (κ2) is 10.0. The molecule has 6 nitrogen and oxygen atoms in total. The van der Waals surface area contributed by atoms with Crippen LogP contribution in [0.1, 0.15) is 51.5 Å². The second-order valence-corrected chi connectivity index (χ2v) is 9.38. The molecule has 0 spiro atoms. The van der Waals surface area contributed by atoms with Gasteiger partial charge < -0.3 is 4.74 Å². The van der Waals surface area contributed by atoms with Crippen molar-refractivity contribution in [2.24, 2.45) is 5.92 Å². The molecule has 178 valence electrons. The number of aryl methyl sites for hydroxylation is 1.